The van der Waals surface area contributed by atoms with E-state index in [0.717, 1.165) is 5.54 Å². The van der Waals surface area contributed by atoms with Gasteiger partial charge in [0.1, 0.15) is 0 Å². The first kappa shape index (κ1) is 12.4. The number of hydrogen-bond acceptors (Lipinski definition) is 0. The summed E-state index contributed by atoms with van der Waals surface area (Å²) in [7, 11) is -0.921. The van der Waals surface area contributed by atoms with Crippen LogP contribution in [0.25, 0.3) is 0 Å². The zero-order chi connectivity index (χ0) is 12.6. The van der Waals surface area contributed by atoms with Crippen LogP contribution in [0.2, 0.25) is 12.1 Å². The van der Waals surface area contributed by atoms with E-state index in [0.29, 0.717) is 0 Å². The summed E-state index contributed by atoms with van der Waals surface area (Å²) in [6, 6.07) is 11.1. The van der Waals surface area contributed by atoms with Crippen LogP contribution in [0.5, 0.6) is 0 Å². The minimum Gasteiger partial charge on any atom is -0.0673 e. The predicted molar refractivity (Wildman–Crippen MR) is 79.6 cm³/mol. The minimum atomic E-state index is -0.921. The zero-order valence-corrected chi connectivity index (χ0v) is 12.7. The molecule has 90 valence electrons. The van der Waals surface area contributed by atoms with Crippen molar-refractivity contribution in [1.29, 1.82) is 0 Å². The van der Waals surface area contributed by atoms with Crippen LogP contribution >= 0.6 is 0 Å². The predicted octanol–water partition coefficient (Wildman–Crippen LogP) is 3.81. The van der Waals surface area contributed by atoms with Crippen molar-refractivity contribution < 1.29 is 0 Å². The Labute approximate surface area is 107 Å². The van der Waals surface area contributed by atoms with Crippen LogP contribution in [0.15, 0.2) is 52.6 Å². The van der Waals surface area contributed by atoms with E-state index in [-0.39, 0.29) is 0 Å². The van der Waals surface area contributed by atoms with Crippen molar-refractivity contribution >= 4 is 14.0 Å². The summed E-state index contributed by atoms with van der Waals surface area (Å²) in [4.78, 5) is 0. The van der Waals surface area contributed by atoms with Gasteiger partial charge >= 0.3 is 0 Å². The summed E-state index contributed by atoms with van der Waals surface area (Å²) in [6.45, 7) is 11.7. The molecule has 0 N–H and O–H groups in total. The molecule has 1 heteroatoms. The molecule has 0 spiro atoms. The monoisotopic (exact) mass is 242 g/mol. The van der Waals surface area contributed by atoms with Crippen molar-refractivity contribution in [3.05, 3.63) is 52.6 Å². The van der Waals surface area contributed by atoms with Crippen molar-refractivity contribution in [2.75, 3.05) is 0 Å². The quantitative estimate of drug-likeness (QED) is 0.692. The Hall–Kier alpha value is -1.08. The van der Waals surface area contributed by atoms with Gasteiger partial charge in [0.05, 0.1) is 8.80 Å². The molecule has 0 nitrogen and oxygen atoms in total. The van der Waals surface area contributed by atoms with Crippen LogP contribution in [-0.4, -0.2) is 8.80 Å². The highest BCUT2D eigenvalue weighted by atomic mass is 28.3. The number of benzene rings is 1. The molecule has 0 aromatic heterocycles. The SMILES string of the molecule is CC1=C(C)C([SiH](C)c2ccccc2)C(C)=C1C. The summed E-state index contributed by atoms with van der Waals surface area (Å²) < 4.78 is 0. The van der Waals surface area contributed by atoms with Crippen molar-refractivity contribution in [2.45, 2.75) is 39.8 Å². The Morgan fingerprint density at radius 3 is 1.76 bits per heavy atom. The molecule has 0 bridgehead atoms. The lowest BCUT2D eigenvalue weighted by Gasteiger charge is -2.22. The highest BCUT2D eigenvalue weighted by molar-refractivity contribution is 6.74. The molecule has 0 heterocycles. The molecule has 1 atom stereocenters. The molecule has 17 heavy (non-hydrogen) atoms. The third-order valence-corrected chi connectivity index (χ3v) is 7.94. The van der Waals surface area contributed by atoms with Gasteiger partial charge in [-0.3, -0.25) is 0 Å². The highest BCUT2D eigenvalue weighted by Gasteiger charge is 2.30. The van der Waals surface area contributed by atoms with Crippen LogP contribution in [0.3, 0.4) is 0 Å². The lowest BCUT2D eigenvalue weighted by atomic mass is 10.1. The topological polar surface area (TPSA) is 0 Å². The normalized spacial score (nSPS) is 19.1. The maximum absolute atomic E-state index is 2.48. The van der Waals surface area contributed by atoms with Gasteiger partial charge in [-0.15, -0.1) is 0 Å². The zero-order valence-electron chi connectivity index (χ0n) is 11.5. The lowest BCUT2D eigenvalue weighted by Crippen LogP contribution is -2.32. The van der Waals surface area contributed by atoms with E-state index in [1.807, 2.05) is 0 Å². The van der Waals surface area contributed by atoms with Gasteiger partial charge in [-0.05, 0) is 44.4 Å². The third kappa shape index (κ3) is 2.04. The molecule has 1 aromatic carbocycles. The second kappa shape index (κ2) is 4.65. The summed E-state index contributed by atoms with van der Waals surface area (Å²) >= 11 is 0. The molecule has 2 rings (SSSR count). The fraction of sp³-hybridized carbons (Fsp3) is 0.375. The minimum absolute atomic E-state index is 0.734. The molecule has 0 saturated carbocycles. The standard InChI is InChI=1S/C16H22Si/c1-11-12(2)14(4)16(13(11)3)17(5)15-9-7-6-8-10-15/h6-10,16-17H,1-5H3. The molecule has 1 unspecified atom stereocenters. The Bertz CT molecular complexity index is 456. The molecule has 0 saturated heterocycles. The molecule has 1 aromatic rings. The number of hydrogen-bond donors (Lipinski definition) is 0. The highest BCUT2D eigenvalue weighted by Crippen LogP contribution is 2.42. The van der Waals surface area contributed by atoms with Crippen molar-refractivity contribution in [3.63, 3.8) is 0 Å². The fourth-order valence-electron chi connectivity index (χ4n) is 3.08. The Morgan fingerprint density at radius 2 is 1.29 bits per heavy atom. The smallest absolute Gasteiger partial charge is 0.0673 e. The Kier molecular flexibility index (Phi) is 3.39. The summed E-state index contributed by atoms with van der Waals surface area (Å²) in [5.41, 5.74) is 7.02. The van der Waals surface area contributed by atoms with Crippen LogP contribution in [0, 0.1) is 0 Å². The maximum atomic E-state index is 2.48. The van der Waals surface area contributed by atoms with Crippen molar-refractivity contribution in [2.24, 2.45) is 0 Å². The van der Waals surface area contributed by atoms with E-state index in [1.165, 1.54) is 11.1 Å². The molecular formula is C16H22Si. The second-order valence-corrected chi connectivity index (χ2v) is 8.20. The molecule has 0 amide bonds. The van der Waals surface area contributed by atoms with E-state index in [2.05, 4.69) is 64.6 Å². The maximum Gasteiger partial charge on any atom is 0.0794 e. The fourth-order valence-corrected chi connectivity index (χ4v) is 6.30. The van der Waals surface area contributed by atoms with Gasteiger partial charge in [0, 0.05) is 0 Å². The van der Waals surface area contributed by atoms with Gasteiger partial charge in [0.15, 0.2) is 0 Å². The number of rotatable bonds is 2. The molecule has 0 radical (unpaired) electrons. The van der Waals surface area contributed by atoms with Gasteiger partial charge < -0.3 is 0 Å². The molecule has 0 aliphatic heterocycles. The molecular weight excluding hydrogens is 220 g/mol. The largest absolute Gasteiger partial charge is 0.0794 e. The molecule has 0 fully saturated rings. The first-order valence-electron chi connectivity index (χ1n) is 6.44. The van der Waals surface area contributed by atoms with E-state index in [4.69, 9.17) is 0 Å². The van der Waals surface area contributed by atoms with Crippen molar-refractivity contribution in [3.8, 4) is 0 Å². The summed E-state index contributed by atoms with van der Waals surface area (Å²) in [5.74, 6) is 0. The van der Waals surface area contributed by atoms with E-state index < -0.39 is 8.80 Å². The first-order chi connectivity index (χ1) is 8.04. The Balaban J connectivity index is 2.37. The average Bonchev–Trinajstić information content (AvgIpc) is 2.54. The van der Waals surface area contributed by atoms with Gasteiger partial charge in [0.25, 0.3) is 0 Å². The van der Waals surface area contributed by atoms with Gasteiger partial charge in [-0.2, -0.15) is 0 Å². The number of allylic oxidation sites excluding steroid dienone is 4. The second-order valence-electron chi connectivity index (χ2n) is 5.29. The van der Waals surface area contributed by atoms with Gasteiger partial charge in [-0.25, -0.2) is 0 Å². The molecule has 1 aliphatic carbocycles. The van der Waals surface area contributed by atoms with Gasteiger partial charge in [0.2, 0.25) is 0 Å². The Morgan fingerprint density at radius 1 is 0.824 bits per heavy atom. The van der Waals surface area contributed by atoms with Crippen LogP contribution in [-0.2, 0) is 0 Å². The average molecular weight is 242 g/mol. The van der Waals surface area contributed by atoms with Crippen LogP contribution < -0.4 is 5.19 Å². The summed E-state index contributed by atoms with van der Waals surface area (Å²) in [5, 5.41) is 1.58. The van der Waals surface area contributed by atoms with E-state index in [1.54, 1.807) is 16.3 Å². The van der Waals surface area contributed by atoms with E-state index >= 15 is 0 Å². The summed E-state index contributed by atoms with van der Waals surface area (Å²) in [6.07, 6.45) is 0. The van der Waals surface area contributed by atoms with E-state index in [9.17, 15) is 0 Å². The van der Waals surface area contributed by atoms with Crippen LogP contribution in [0.1, 0.15) is 27.7 Å². The third-order valence-electron chi connectivity index (χ3n) is 4.50. The molecule has 1 aliphatic rings. The van der Waals surface area contributed by atoms with Gasteiger partial charge in [-0.1, -0.05) is 53.2 Å². The van der Waals surface area contributed by atoms with Crippen molar-refractivity contribution in [1.82, 2.24) is 0 Å². The lowest BCUT2D eigenvalue weighted by molar-refractivity contribution is 1.10. The first-order valence-corrected chi connectivity index (χ1v) is 8.84. The van der Waals surface area contributed by atoms with Crippen LogP contribution in [0.4, 0.5) is 0 Å².